The van der Waals surface area contributed by atoms with Crippen LogP contribution in [0.3, 0.4) is 0 Å². The van der Waals surface area contributed by atoms with Crippen LogP contribution in [0.2, 0.25) is 5.15 Å². The van der Waals surface area contributed by atoms with Gasteiger partial charge in [0.1, 0.15) is 5.15 Å². The number of H-pyrrole nitrogens is 1. The van der Waals surface area contributed by atoms with Crippen molar-refractivity contribution in [3.05, 3.63) is 21.4 Å². The number of aromatic amines is 1. The fraction of sp³-hybridized carbons (Fsp3) is 0.167. The first-order valence-electron chi connectivity index (χ1n) is 3.17. The van der Waals surface area contributed by atoms with Crippen molar-refractivity contribution in [1.82, 2.24) is 4.98 Å². The highest BCUT2D eigenvalue weighted by Gasteiger charge is 2.33. The molecule has 0 atom stereocenters. The quantitative estimate of drug-likeness (QED) is 0.720. The number of ether oxygens (including phenoxy) is 1. The van der Waals surface area contributed by atoms with Gasteiger partial charge in [-0.15, -0.1) is 13.2 Å². The number of rotatable bonds is 1. The van der Waals surface area contributed by atoms with E-state index in [0.717, 1.165) is 6.07 Å². The van der Waals surface area contributed by atoms with Crippen LogP contribution in [0.4, 0.5) is 13.2 Å². The lowest BCUT2D eigenvalue weighted by molar-refractivity contribution is -0.276. The average Bonchev–Trinajstić information content (AvgIpc) is 1.96. The third-order valence-corrected chi connectivity index (χ3v) is 1.36. The first kappa shape index (κ1) is 10.7. The van der Waals surface area contributed by atoms with Crippen molar-refractivity contribution in [2.45, 2.75) is 6.36 Å². The molecule has 8 heteroatoms. The van der Waals surface area contributed by atoms with Crippen LogP contribution >= 0.6 is 11.6 Å². The number of pyridine rings is 1. The van der Waals surface area contributed by atoms with Gasteiger partial charge in [0.15, 0.2) is 0 Å². The highest BCUT2D eigenvalue weighted by Crippen LogP contribution is 2.27. The fourth-order valence-electron chi connectivity index (χ4n) is 0.689. The van der Waals surface area contributed by atoms with Gasteiger partial charge < -0.3 is 14.8 Å². The molecular formula is C6H3ClF3NO3. The van der Waals surface area contributed by atoms with Crippen molar-refractivity contribution in [2.75, 3.05) is 0 Å². The Morgan fingerprint density at radius 2 is 2.07 bits per heavy atom. The zero-order chi connectivity index (χ0) is 10.9. The Morgan fingerprint density at radius 3 is 2.57 bits per heavy atom. The smallest absolute Gasteiger partial charge is 0.500 e. The Morgan fingerprint density at radius 1 is 1.50 bits per heavy atom. The van der Waals surface area contributed by atoms with E-state index < -0.39 is 23.4 Å². The highest BCUT2D eigenvalue weighted by molar-refractivity contribution is 6.29. The molecule has 1 heterocycles. The van der Waals surface area contributed by atoms with Crippen molar-refractivity contribution in [1.29, 1.82) is 0 Å². The zero-order valence-electron chi connectivity index (χ0n) is 6.35. The van der Waals surface area contributed by atoms with E-state index in [1.807, 2.05) is 4.98 Å². The predicted octanol–water partition coefficient (Wildman–Crippen LogP) is 1.63. The van der Waals surface area contributed by atoms with E-state index in [0.29, 0.717) is 0 Å². The van der Waals surface area contributed by atoms with Crippen LogP contribution < -0.4 is 10.2 Å². The molecule has 2 N–H and O–H groups in total. The molecule has 0 fully saturated rings. The van der Waals surface area contributed by atoms with Gasteiger partial charge in [-0.1, -0.05) is 11.6 Å². The minimum Gasteiger partial charge on any atom is -0.500 e. The molecule has 1 rings (SSSR count). The molecule has 0 radical (unpaired) electrons. The van der Waals surface area contributed by atoms with Crippen LogP contribution in [-0.2, 0) is 0 Å². The summed E-state index contributed by atoms with van der Waals surface area (Å²) in [4.78, 5) is 12.6. The molecule has 1 aromatic heterocycles. The first-order chi connectivity index (χ1) is 6.29. The van der Waals surface area contributed by atoms with Gasteiger partial charge in [0.25, 0.3) is 0 Å². The van der Waals surface area contributed by atoms with Crippen molar-refractivity contribution < 1.29 is 23.0 Å². The van der Waals surface area contributed by atoms with Gasteiger partial charge in [-0.3, -0.25) is 4.79 Å². The second-order valence-corrected chi connectivity index (χ2v) is 2.61. The lowest BCUT2D eigenvalue weighted by Gasteiger charge is -2.09. The van der Waals surface area contributed by atoms with Gasteiger partial charge in [-0.2, -0.15) is 0 Å². The lowest BCUT2D eigenvalue weighted by atomic mass is 10.4. The second kappa shape index (κ2) is 3.41. The van der Waals surface area contributed by atoms with E-state index in [-0.39, 0.29) is 5.15 Å². The summed E-state index contributed by atoms with van der Waals surface area (Å²) >= 11 is 5.24. The largest absolute Gasteiger partial charge is 0.574 e. The number of halogens is 4. The average molecular weight is 230 g/mol. The topological polar surface area (TPSA) is 62.3 Å². The summed E-state index contributed by atoms with van der Waals surface area (Å²) in [5.41, 5.74) is -1.06. The minimum atomic E-state index is -5.01. The number of hydrogen-bond acceptors (Lipinski definition) is 3. The maximum absolute atomic E-state index is 11.7. The van der Waals surface area contributed by atoms with E-state index in [4.69, 9.17) is 16.7 Å². The fourth-order valence-corrected chi connectivity index (χ4v) is 0.874. The molecule has 0 saturated carbocycles. The Kier molecular flexibility index (Phi) is 2.61. The Labute approximate surface area is 79.9 Å². The van der Waals surface area contributed by atoms with Gasteiger partial charge >= 0.3 is 6.36 Å². The van der Waals surface area contributed by atoms with Crippen LogP contribution in [0.1, 0.15) is 0 Å². The summed E-state index contributed by atoms with van der Waals surface area (Å²) in [5.74, 6) is -2.30. The van der Waals surface area contributed by atoms with Crippen molar-refractivity contribution >= 4 is 11.6 Å². The van der Waals surface area contributed by atoms with Crippen LogP contribution in [0, 0.1) is 0 Å². The molecule has 0 aliphatic rings. The molecular weight excluding hydrogens is 227 g/mol. The van der Waals surface area contributed by atoms with E-state index >= 15 is 0 Å². The van der Waals surface area contributed by atoms with Gasteiger partial charge in [-0.05, 0) is 0 Å². The van der Waals surface area contributed by atoms with E-state index in [1.165, 1.54) is 0 Å². The Hall–Kier alpha value is -1.37. The lowest BCUT2D eigenvalue weighted by Crippen LogP contribution is -2.19. The predicted molar refractivity (Wildman–Crippen MR) is 40.4 cm³/mol. The maximum atomic E-state index is 11.7. The monoisotopic (exact) mass is 229 g/mol. The van der Waals surface area contributed by atoms with E-state index in [1.54, 1.807) is 0 Å². The SMILES string of the molecule is O=c1cc(Cl)[nH]c(OC(F)(F)F)c1O. The Balaban J connectivity index is 3.15. The van der Waals surface area contributed by atoms with Crippen molar-refractivity contribution in [3.8, 4) is 11.6 Å². The van der Waals surface area contributed by atoms with Crippen LogP contribution in [-0.4, -0.2) is 16.5 Å². The number of aromatic nitrogens is 1. The summed E-state index contributed by atoms with van der Waals surface area (Å²) in [6, 6.07) is 0.722. The summed E-state index contributed by atoms with van der Waals surface area (Å²) in [6.45, 7) is 0. The summed E-state index contributed by atoms with van der Waals surface area (Å²) in [5, 5.41) is 8.49. The summed E-state index contributed by atoms with van der Waals surface area (Å²) in [6.07, 6.45) is -5.01. The third kappa shape index (κ3) is 2.56. The third-order valence-electron chi connectivity index (χ3n) is 1.16. The van der Waals surface area contributed by atoms with Gasteiger partial charge in [0, 0.05) is 6.07 Å². The Bertz CT molecular complexity index is 400. The first-order valence-corrected chi connectivity index (χ1v) is 3.55. The van der Waals surface area contributed by atoms with Gasteiger partial charge in [0.05, 0.1) is 0 Å². The number of nitrogens with one attached hydrogen (secondary N) is 1. The second-order valence-electron chi connectivity index (χ2n) is 2.21. The van der Waals surface area contributed by atoms with Crippen molar-refractivity contribution in [2.24, 2.45) is 0 Å². The van der Waals surface area contributed by atoms with Gasteiger partial charge in [-0.25, -0.2) is 0 Å². The highest BCUT2D eigenvalue weighted by atomic mass is 35.5. The molecule has 0 bridgehead atoms. The van der Waals surface area contributed by atoms with Crippen LogP contribution in [0.5, 0.6) is 11.6 Å². The molecule has 0 aliphatic heterocycles. The summed E-state index contributed by atoms with van der Waals surface area (Å²) < 4.78 is 38.4. The molecule has 0 spiro atoms. The number of aromatic hydroxyl groups is 1. The normalized spacial score (nSPS) is 11.4. The molecule has 0 unspecified atom stereocenters. The standard InChI is InChI=1S/C6H3ClF3NO3/c7-3-1-2(12)4(13)5(11-3)14-6(8,9)10/h1,13H,(H,11,12). The number of alkyl halides is 3. The molecule has 14 heavy (non-hydrogen) atoms. The molecule has 1 aromatic rings. The molecule has 0 aromatic carbocycles. The van der Waals surface area contributed by atoms with Crippen LogP contribution in [0.25, 0.3) is 0 Å². The van der Waals surface area contributed by atoms with Crippen molar-refractivity contribution in [3.63, 3.8) is 0 Å². The molecule has 0 amide bonds. The van der Waals surface area contributed by atoms with Gasteiger partial charge in [0.2, 0.25) is 17.1 Å². The molecule has 78 valence electrons. The number of hydrogen-bond donors (Lipinski definition) is 2. The van der Waals surface area contributed by atoms with E-state index in [9.17, 15) is 18.0 Å². The summed E-state index contributed by atoms with van der Waals surface area (Å²) in [7, 11) is 0. The molecule has 4 nitrogen and oxygen atoms in total. The van der Waals surface area contributed by atoms with Crippen LogP contribution in [0.15, 0.2) is 10.9 Å². The minimum absolute atomic E-state index is 0.368. The molecule has 0 aliphatic carbocycles. The molecule has 0 saturated heterocycles. The maximum Gasteiger partial charge on any atom is 0.574 e. The zero-order valence-corrected chi connectivity index (χ0v) is 7.11. The van der Waals surface area contributed by atoms with E-state index in [2.05, 4.69) is 4.74 Å².